The summed E-state index contributed by atoms with van der Waals surface area (Å²) in [6, 6.07) is 0. The molecule has 2 N–H and O–H groups in total. The fourth-order valence-electron chi connectivity index (χ4n) is 1.97. The molecule has 4 nitrogen and oxygen atoms in total. The van der Waals surface area contributed by atoms with Gasteiger partial charge in [-0.25, -0.2) is 0 Å². The zero-order valence-corrected chi connectivity index (χ0v) is 12.5. The average molecular weight is 274 g/mol. The lowest BCUT2D eigenvalue weighted by Gasteiger charge is -2.24. The minimum absolute atomic E-state index is 0.506. The van der Waals surface area contributed by atoms with Crippen molar-refractivity contribution in [2.75, 3.05) is 13.1 Å². The Morgan fingerprint density at radius 2 is 2.11 bits per heavy atom. The molecule has 0 amide bonds. The first kappa shape index (κ1) is 15.5. The molecule has 0 saturated heterocycles. The fourth-order valence-corrected chi connectivity index (χ4v) is 2.33. The van der Waals surface area contributed by atoms with E-state index in [1.54, 1.807) is 4.68 Å². The van der Waals surface area contributed by atoms with Gasteiger partial charge in [0.05, 0.1) is 22.0 Å². The normalized spacial score (nSPS) is 14.8. The van der Waals surface area contributed by atoms with Gasteiger partial charge in [-0.05, 0) is 26.3 Å². The van der Waals surface area contributed by atoms with E-state index < -0.39 is 5.60 Å². The van der Waals surface area contributed by atoms with Crippen molar-refractivity contribution >= 4 is 11.6 Å². The van der Waals surface area contributed by atoms with Gasteiger partial charge in [-0.2, -0.15) is 5.10 Å². The van der Waals surface area contributed by atoms with Crippen LogP contribution in [0.1, 0.15) is 38.6 Å². The Morgan fingerprint density at radius 1 is 1.44 bits per heavy atom. The maximum atomic E-state index is 10.4. The predicted octanol–water partition coefficient (Wildman–Crippen LogP) is 1.93. The average Bonchev–Trinajstić information content (AvgIpc) is 2.56. The van der Waals surface area contributed by atoms with Crippen molar-refractivity contribution in [1.82, 2.24) is 15.1 Å². The molecule has 0 saturated carbocycles. The fraction of sp³-hybridized carbons (Fsp3) is 0.769. The first-order valence-electron chi connectivity index (χ1n) is 6.54. The number of aryl methyl sites for hydroxylation is 2. The molecule has 0 aliphatic carbocycles. The van der Waals surface area contributed by atoms with Gasteiger partial charge >= 0.3 is 0 Å². The van der Waals surface area contributed by atoms with Crippen molar-refractivity contribution in [2.45, 2.75) is 45.6 Å². The number of aliphatic hydroxyl groups is 1. The Kier molecular flexibility index (Phi) is 5.63. The van der Waals surface area contributed by atoms with Crippen LogP contribution >= 0.6 is 11.6 Å². The van der Waals surface area contributed by atoms with Gasteiger partial charge in [0, 0.05) is 20.0 Å². The summed E-state index contributed by atoms with van der Waals surface area (Å²) < 4.78 is 1.77. The number of rotatable bonds is 7. The van der Waals surface area contributed by atoms with Gasteiger partial charge in [0.2, 0.25) is 0 Å². The lowest BCUT2D eigenvalue weighted by atomic mass is 9.99. The largest absolute Gasteiger partial charge is 0.388 e. The minimum atomic E-state index is -0.808. The molecule has 0 radical (unpaired) electrons. The highest BCUT2D eigenvalue weighted by Gasteiger charge is 2.25. The number of nitrogens with zero attached hydrogens (tertiary/aromatic N) is 2. The van der Waals surface area contributed by atoms with E-state index in [1.165, 1.54) is 0 Å². The molecule has 1 heterocycles. The maximum absolute atomic E-state index is 10.4. The smallest absolute Gasteiger partial charge is 0.0850 e. The van der Waals surface area contributed by atoms with Crippen molar-refractivity contribution in [2.24, 2.45) is 7.05 Å². The summed E-state index contributed by atoms with van der Waals surface area (Å²) in [5.74, 6) is 0. The van der Waals surface area contributed by atoms with E-state index in [-0.39, 0.29) is 0 Å². The van der Waals surface area contributed by atoms with E-state index in [0.29, 0.717) is 18.0 Å². The summed E-state index contributed by atoms with van der Waals surface area (Å²) in [6.07, 6.45) is 2.37. The second-order valence-electron chi connectivity index (χ2n) is 5.04. The van der Waals surface area contributed by atoms with E-state index in [1.807, 2.05) is 20.9 Å². The zero-order chi connectivity index (χ0) is 13.8. The van der Waals surface area contributed by atoms with Gasteiger partial charge in [-0.3, -0.25) is 4.68 Å². The molecule has 0 spiro atoms. The van der Waals surface area contributed by atoms with Crippen LogP contribution in [-0.4, -0.2) is 33.6 Å². The topological polar surface area (TPSA) is 50.1 Å². The minimum Gasteiger partial charge on any atom is -0.388 e. The molecule has 104 valence electrons. The molecular weight excluding hydrogens is 250 g/mol. The summed E-state index contributed by atoms with van der Waals surface area (Å²) in [7, 11) is 1.87. The number of nitrogens with one attached hydrogen (secondary N) is 1. The summed E-state index contributed by atoms with van der Waals surface area (Å²) in [4.78, 5) is 0. The predicted molar refractivity (Wildman–Crippen MR) is 75.1 cm³/mol. The van der Waals surface area contributed by atoms with Gasteiger partial charge in [0.1, 0.15) is 0 Å². The van der Waals surface area contributed by atoms with Gasteiger partial charge in [-0.15, -0.1) is 0 Å². The van der Waals surface area contributed by atoms with Gasteiger partial charge in [0.15, 0.2) is 0 Å². The van der Waals surface area contributed by atoms with Crippen LogP contribution in [0.25, 0.3) is 0 Å². The molecule has 1 rings (SSSR count). The monoisotopic (exact) mass is 273 g/mol. The van der Waals surface area contributed by atoms with Crippen LogP contribution in [0.4, 0.5) is 0 Å². The molecule has 0 fully saturated rings. The highest BCUT2D eigenvalue weighted by molar-refractivity contribution is 6.31. The van der Waals surface area contributed by atoms with Crippen molar-refractivity contribution in [3.8, 4) is 0 Å². The van der Waals surface area contributed by atoms with E-state index in [4.69, 9.17) is 11.6 Å². The molecule has 5 heteroatoms. The second kappa shape index (κ2) is 6.55. The first-order chi connectivity index (χ1) is 8.41. The van der Waals surface area contributed by atoms with Gasteiger partial charge in [0.25, 0.3) is 0 Å². The Labute approximate surface area is 114 Å². The number of aromatic nitrogens is 2. The second-order valence-corrected chi connectivity index (χ2v) is 5.41. The number of hydrogen-bond acceptors (Lipinski definition) is 3. The van der Waals surface area contributed by atoms with Crippen LogP contribution in [-0.2, 0) is 19.9 Å². The summed E-state index contributed by atoms with van der Waals surface area (Å²) in [5.41, 5.74) is 0.987. The summed E-state index contributed by atoms with van der Waals surface area (Å²) in [5, 5.41) is 18.6. The molecule has 1 aromatic rings. The maximum Gasteiger partial charge on any atom is 0.0850 e. The molecule has 1 aromatic heterocycles. The van der Waals surface area contributed by atoms with E-state index in [9.17, 15) is 5.11 Å². The van der Waals surface area contributed by atoms with E-state index in [0.717, 1.165) is 30.8 Å². The van der Waals surface area contributed by atoms with E-state index in [2.05, 4.69) is 17.3 Å². The molecule has 0 bridgehead atoms. The van der Waals surface area contributed by atoms with Crippen LogP contribution in [0.5, 0.6) is 0 Å². The Bertz CT molecular complexity index is 388. The van der Waals surface area contributed by atoms with Gasteiger partial charge in [-0.1, -0.05) is 25.4 Å². The van der Waals surface area contributed by atoms with Crippen LogP contribution < -0.4 is 5.32 Å². The quantitative estimate of drug-likeness (QED) is 0.747. The first-order valence-corrected chi connectivity index (χ1v) is 6.92. The van der Waals surface area contributed by atoms with Crippen LogP contribution in [0.2, 0.25) is 5.02 Å². The van der Waals surface area contributed by atoms with E-state index >= 15 is 0 Å². The van der Waals surface area contributed by atoms with Crippen LogP contribution in [0.3, 0.4) is 0 Å². The van der Waals surface area contributed by atoms with Crippen molar-refractivity contribution < 1.29 is 5.11 Å². The molecule has 18 heavy (non-hydrogen) atoms. The molecule has 0 aliphatic heterocycles. The third kappa shape index (κ3) is 3.97. The summed E-state index contributed by atoms with van der Waals surface area (Å²) >= 11 is 6.28. The Hall–Kier alpha value is -0.580. The SMILES string of the molecule is CCCNCC(C)(O)Cc1c(Cl)c(CC)nn1C. The number of halogens is 1. The van der Waals surface area contributed by atoms with Crippen LogP contribution in [0, 0.1) is 0 Å². The highest BCUT2D eigenvalue weighted by atomic mass is 35.5. The Balaban J connectivity index is 2.74. The molecule has 0 aliphatic rings. The van der Waals surface area contributed by atoms with Crippen molar-refractivity contribution in [1.29, 1.82) is 0 Å². The Morgan fingerprint density at radius 3 is 2.61 bits per heavy atom. The lowest BCUT2D eigenvalue weighted by Crippen LogP contribution is -2.40. The van der Waals surface area contributed by atoms with Crippen LogP contribution in [0.15, 0.2) is 0 Å². The number of hydrogen-bond donors (Lipinski definition) is 2. The van der Waals surface area contributed by atoms with Crippen molar-refractivity contribution in [3.05, 3.63) is 16.4 Å². The zero-order valence-electron chi connectivity index (χ0n) is 11.8. The third-order valence-electron chi connectivity index (χ3n) is 2.98. The van der Waals surface area contributed by atoms with Gasteiger partial charge < -0.3 is 10.4 Å². The lowest BCUT2D eigenvalue weighted by molar-refractivity contribution is 0.0585. The molecular formula is C13H24ClN3O. The van der Waals surface area contributed by atoms with Crippen molar-refractivity contribution in [3.63, 3.8) is 0 Å². The molecule has 1 atom stereocenters. The molecule has 0 aromatic carbocycles. The molecule has 1 unspecified atom stereocenters. The third-order valence-corrected chi connectivity index (χ3v) is 3.42. The summed E-state index contributed by atoms with van der Waals surface area (Å²) in [6.45, 7) is 7.43. The highest BCUT2D eigenvalue weighted by Crippen LogP contribution is 2.24. The standard InChI is InChI=1S/C13H24ClN3O/c1-5-7-15-9-13(3,18)8-11-12(14)10(6-2)16-17(11)4/h15,18H,5-9H2,1-4H3.